The zero-order valence-corrected chi connectivity index (χ0v) is 16.8. The van der Waals surface area contributed by atoms with E-state index in [4.69, 9.17) is 4.99 Å². The summed E-state index contributed by atoms with van der Waals surface area (Å²) in [6.45, 7) is 11.8. The minimum atomic E-state index is 0.182. The van der Waals surface area contributed by atoms with Gasteiger partial charge in [0.15, 0.2) is 6.29 Å². The van der Waals surface area contributed by atoms with Crippen LogP contribution in [0.5, 0.6) is 0 Å². The van der Waals surface area contributed by atoms with Crippen LogP contribution in [0.2, 0.25) is 12.6 Å². The number of aldehydes is 1. The van der Waals surface area contributed by atoms with Crippen LogP contribution in [0.4, 0.5) is 0 Å². The number of nitrogens with zero attached hydrogens (tertiary/aromatic N) is 2. The van der Waals surface area contributed by atoms with E-state index in [0.717, 1.165) is 24.7 Å². The molecule has 0 bridgehead atoms. The molecule has 0 aromatic carbocycles. The molecule has 1 aromatic rings. The van der Waals surface area contributed by atoms with Gasteiger partial charge in [-0.15, -0.1) is 0 Å². The van der Waals surface area contributed by atoms with Crippen molar-refractivity contribution in [3.05, 3.63) is 23.5 Å². The van der Waals surface area contributed by atoms with E-state index in [9.17, 15) is 4.79 Å². The number of hydrogen-bond acceptors (Lipinski definition) is 2. The molecule has 0 amide bonds. The lowest BCUT2D eigenvalue weighted by Gasteiger charge is -2.27. The number of carbonyl (C=O) groups is 1. The van der Waals surface area contributed by atoms with Gasteiger partial charge >= 0.3 is 0 Å². The fraction of sp³-hybridized carbons (Fsp3) is 0.714. The Bertz CT molecular complexity index is 595. The van der Waals surface area contributed by atoms with Crippen molar-refractivity contribution in [2.75, 3.05) is 0 Å². The van der Waals surface area contributed by atoms with Crippen molar-refractivity contribution >= 4 is 18.8 Å². The first kappa shape index (κ1) is 20.0. The summed E-state index contributed by atoms with van der Waals surface area (Å²) in [7, 11) is 0. The molecule has 2 heterocycles. The molecule has 0 N–H and O–H groups in total. The minimum absolute atomic E-state index is 0.182. The average molecular weight is 342 g/mol. The minimum Gasteiger partial charge on any atom is -0.395 e. The Labute approximate surface area is 154 Å². The van der Waals surface area contributed by atoms with Gasteiger partial charge in [-0.3, -0.25) is 9.79 Å². The maximum Gasteiger partial charge on any atom is 0.259 e. The summed E-state index contributed by atoms with van der Waals surface area (Å²) in [5.74, 6) is 0. The second-order valence-electron chi connectivity index (χ2n) is 8.43. The number of aromatic nitrogens is 1. The van der Waals surface area contributed by atoms with Gasteiger partial charge in [0.25, 0.3) is 6.85 Å². The van der Waals surface area contributed by atoms with Crippen LogP contribution in [0.3, 0.4) is 0 Å². The van der Waals surface area contributed by atoms with E-state index in [1.165, 1.54) is 49.7 Å². The predicted octanol–water partition coefficient (Wildman–Crippen LogP) is 5.54. The van der Waals surface area contributed by atoms with Crippen LogP contribution < -0.4 is 0 Å². The largest absolute Gasteiger partial charge is 0.395 e. The molecule has 0 fully saturated rings. The molecule has 1 aromatic heterocycles. The first-order valence-corrected chi connectivity index (χ1v) is 10.1. The molecule has 2 rings (SSSR count). The van der Waals surface area contributed by atoms with Crippen molar-refractivity contribution in [3.8, 4) is 0 Å². The molecule has 1 aliphatic rings. The van der Waals surface area contributed by atoms with Gasteiger partial charge in [0, 0.05) is 23.4 Å². The molecule has 1 atom stereocenters. The average Bonchev–Trinajstić information content (AvgIpc) is 3.07. The molecule has 0 aliphatic carbocycles. The summed E-state index contributed by atoms with van der Waals surface area (Å²) in [5.41, 5.74) is 3.48. The van der Waals surface area contributed by atoms with Crippen LogP contribution in [0.25, 0.3) is 0 Å². The Hall–Kier alpha value is -1.32. The SMILES string of the molecule is CCCCB(CCCC)n1ccc(C=O)c1CC1N=C(C)CC1(C)C. The summed E-state index contributed by atoms with van der Waals surface area (Å²) in [4.78, 5) is 16.5. The first-order chi connectivity index (χ1) is 11.9. The highest BCUT2D eigenvalue weighted by Gasteiger charge is 2.36. The van der Waals surface area contributed by atoms with Gasteiger partial charge in [0.1, 0.15) is 0 Å². The Morgan fingerprint density at radius 2 is 1.92 bits per heavy atom. The number of hydrogen-bond donors (Lipinski definition) is 0. The van der Waals surface area contributed by atoms with Gasteiger partial charge < -0.3 is 4.48 Å². The number of carbonyl (C=O) groups excluding carboxylic acids is 1. The summed E-state index contributed by atoms with van der Waals surface area (Å²) >= 11 is 0. The zero-order chi connectivity index (χ0) is 18.4. The third-order valence-corrected chi connectivity index (χ3v) is 5.74. The van der Waals surface area contributed by atoms with E-state index >= 15 is 0 Å². The maximum atomic E-state index is 11.6. The van der Waals surface area contributed by atoms with Gasteiger partial charge in [-0.2, -0.15) is 0 Å². The van der Waals surface area contributed by atoms with Crippen molar-refractivity contribution in [3.63, 3.8) is 0 Å². The highest BCUT2D eigenvalue weighted by molar-refractivity contribution is 6.57. The third-order valence-electron chi connectivity index (χ3n) is 5.74. The van der Waals surface area contributed by atoms with Crippen molar-refractivity contribution in [1.82, 2.24) is 4.48 Å². The normalized spacial score (nSPS) is 19.1. The number of unbranched alkanes of at least 4 members (excludes halogenated alkanes) is 2. The molecular formula is C21H35BN2O. The van der Waals surface area contributed by atoms with Crippen LogP contribution >= 0.6 is 0 Å². The monoisotopic (exact) mass is 342 g/mol. The Balaban J connectivity index is 2.29. The first-order valence-electron chi connectivity index (χ1n) is 10.1. The molecule has 1 aliphatic heterocycles. The van der Waals surface area contributed by atoms with E-state index in [2.05, 4.69) is 45.3 Å². The zero-order valence-electron chi connectivity index (χ0n) is 16.8. The van der Waals surface area contributed by atoms with Gasteiger partial charge in [0.05, 0.1) is 6.04 Å². The summed E-state index contributed by atoms with van der Waals surface area (Å²) in [6.07, 6.45) is 12.4. The van der Waals surface area contributed by atoms with Gasteiger partial charge in [-0.1, -0.05) is 66.0 Å². The van der Waals surface area contributed by atoms with Crippen LogP contribution in [0.1, 0.15) is 82.8 Å². The molecule has 138 valence electrons. The fourth-order valence-electron chi connectivity index (χ4n) is 4.24. The third kappa shape index (κ3) is 4.86. The molecule has 4 heteroatoms. The Morgan fingerprint density at radius 3 is 2.40 bits per heavy atom. The summed E-state index contributed by atoms with van der Waals surface area (Å²) in [6, 6.07) is 2.28. The second kappa shape index (κ2) is 8.87. The molecule has 0 spiro atoms. The molecular weight excluding hydrogens is 307 g/mol. The predicted molar refractivity (Wildman–Crippen MR) is 109 cm³/mol. The maximum absolute atomic E-state index is 11.6. The van der Waals surface area contributed by atoms with E-state index in [0.29, 0.717) is 6.85 Å². The standard InChI is InChI=1S/C21H35BN2O/c1-6-8-11-22(12-9-7-2)24-13-10-18(16-25)19(24)14-20-21(4,5)15-17(3)23-20/h10,13,16,20H,6-9,11-12,14-15H2,1-5H3. The quantitative estimate of drug-likeness (QED) is 0.406. The number of aliphatic imine (C=N–C) groups is 1. The Kier molecular flexibility index (Phi) is 7.09. The van der Waals surface area contributed by atoms with Gasteiger partial charge in [-0.25, -0.2) is 0 Å². The van der Waals surface area contributed by atoms with Crippen LogP contribution in [-0.2, 0) is 6.42 Å². The van der Waals surface area contributed by atoms with Crippen molar-refractivity contribution < 1.29 is 4.79 Å². The van der Waals surface area contributed by atoms with Crippen LogP contribution in [0.15, 0.2) is 17.3 Å². The second-order valence-corrected chi connectivity index (χ2v) is 8.43. The smallest absolute Gasteiger partial charge is 0.259 e. The lowest BCUT2D eigenvalue weighted by molar-refractivity contribution is 0.112. The molecule has 0 radical (unpaired) electrons. The molecule has 3 nitrogen and oxygen atoms in total. The molecule has 25 heavy (non-hydrogen) atoms. The van der Waals surface area contributed by atoms with Crippen molar-refractivity contribution in [2.45, 2.75) is 91.8 Å². The molecule has 0 saturated carbocycles. The fourth-order valence-corrected chi connectivity index (χ4v) is 4.24. The van der Waals surface area contributed by atoms with E-state index in [-0.39, 0.29) is 11.5 Å². The Morgan fingerprint density at radius 1 is 1.28 bits per heavy atom. The lowest BCUT2D eigenvalue weighted by atomic mass is 9.54. The van der Waals surface area contributed by atoms with E-state index in [1.807, 2.05) is 6.07 Å². The summed E-state index contributed by atoms with van der Waals surface area (Å²) < 4.78 is 2.41. The highest BCUT2D eigenvalue weighted by Crippen LogP contribution is 2.36. The molecule has 0 saturated heterocycles. The molecule has 1 unspecified atom stereocenters. The summed E-state index contributed by atoms with van der Waals surface area (Å²) in [5, 5.41) is 0. The topological polar surface area (TPSA) is 34.4 Å². The van der Waals surface area contributed by atoms with E-state index < -0.39 is 0 Å². The highest BCUT2D eigenvalue weighted by atomic mass is 16.1. The van der Waals surface area contributed by atoms with Gasteiger partial charge in [0.2, 0.25) is 0 Å². The van der Waals surface area contributed by atoms with Crippen LogP contribution in [-0.4, -0.2) is 29.4 Å². The van der Waals surface area contributed by atoms with Crippen molar-refractivity contribution in [2.24, 2.45) is 10.4 Å². The lowest BCUT2D eigenvalue weighted by Crippen LogP contribution is -2.31. The van der Waals surface area contributed by atoms with E-state index in [1.54, 1.807) is 0 Å². The van der Waals surface area contributed by atoms with Crippen molar-refractivity contribution in [1.29, 1.82) is 0 Å². The number of rotatable bonds is 10. The van der Waals surface area contributed by atoms with Crippen LogP contribution in [0, 0.1) is 5.41 Å². The van der Waals surface area contributed by atoms with Gasteiger partial charge in [-0.05, 0) is 31.0 Å².